The van der Waals surface area contributed by atoms with Crippen LogP contribution >= 0.6 is 0 Å². The molecule has 1 aromatic heterocycles. The van der Waals surface area contributed by atoms with Crippen LogP contribution in [-0.4, -0.2) is 16.5 Å². The van der Waals surface area contributed by atoms with Gasteiger partial charge in [0.05, 0.1) is 0 Å². The Labute approximate surface area is 147 Å². The summed E-state index contributed by atoms with van der Waals surface area (Å²) in [5.74, 6) is 2.02. The van der Waals surface area contributed by atoms with Gasteiger partial charge < -0.3 is 10.6 Å². The van der Waals surface area contributed by atoms with Crippen LogP contribution in [0, 0.1) is 12.7 Å². The normalized spacial score (nSPS) is 10.5. The molecule has 3 rings (SSSR count). The Hall–Kier alpha value is -2.95. The molecule has 4 nitrogen and oxygen atoms in total. The SMILES string of the molecule is Cc1nc(NCCc2ccccc2F)cc(NCc2ccccc2)n1. The number of aromatic nitrogens is 2. The van der Waals surface area contributed by atoms with Gasteiger partial charge in [0.25, 0.3) is 0 Å². The molecule has 0 unspecified atom stereocenters. The second-order valence-corrected chi connectivity index (χ2v) is 5.79. The monoisotopic (exact) mass is 336 g/mol. The molecule has 0 saturated carbocycles. The van der Waals surface area contributed by atoms with Gasteiger partial charge in [-0.05, 0) is 30.5 Å². The molecule has 0 aliphatic heterocycles. The Balaban J connectivity index is 1.58. The number of hydrogen-bond acceptors (Lipinski definition) is 4. The molecule has 128 valence electrons. The zero-order chi connectivity index (χ0) is 17.5. The Morgan fingerprint density at radius 1 is 0.880 bits per heavy atom. The van der Waals surface area contributed by atoms with Gasteiger partial charge in [0, 0.05) is 19.2 Å². The number of nitrogens with zero attached hydrogens (tertiary/aromatic N) is 2. The fourth-order valence-electron chi connectivity index (χ4n) is 2.56. The van der Waals surface area contributed by atoms with Crippen molar-refractivity contribution in [2.75, 3.05) is 17.2 Å². The summed E-state index contributed by atoms with van der Waals surface area (Å²) in [7, 11) is 0. The van der Waals surface area contributed by atoms with Crippen LogP contribution in [0.4, 0.5) is 16.0 Å². The number of aryl methyl sites for hydroxylation is 1. The van der Waals surface area contributed by atoms with Crippen molar-refractivity contribution >= 4 is 11.6 Å². The van der Waals surface area contributed by atoms with Crippen LogP contribution in [0.15, 0.2) is 60.7 Å². The van der Waals surface area contributed by atoms with Gasteiger partial charge in [0.1, 0.15) is 23.3 Å². The molecule has 0 saturated heterocycles. The number of benzene rings is 2. The summed E-state index contributed by atoms with van der Waals surface area (Å²) < 4.78 is 13.6. The molecule has 1 heterocycles. The molecule has 2 aromatic carbocycles. The molecular formula is C20H21FN4. The lowest BCUT2D eigenvalue weighted by Gasteiger charge is -2.10. The van der Waals surface area contributed by atoms with E-state index < -0.39 is 0 Å². The van der Waals surface area contributed by atoms with Gasteiger partial charge in [-0.3, -0.25) is 0 Å². The average molecular weight is 336 g/mol. The molecule has 0 radical (unpaired) electrons. The number of halogens is 1. The molecule has 0 bridgehead atoms. The molecule has 0 spiro atoms. The highest BCUT2D eigenvalue weighted by atomic mass is 19.1. The molecule has 0 atom stereocenters. The minimum Gasteiger partial charge on any atom is -0.370 e. The van der Waals surface area contributed by atoms with Crippen LogP contribution in [0.1, 0.15) is 17.0 Å². The molecule has 0 fully saturated rings. The van der Waals surface area contributed by atoms with Crippen molar-refractivity contribution in [3.8, 4) is 0 Å². The first-order valence-electron chi connectivity index (χ1n) is 8.31. The third-order valence-electron chi connectivity index (χ3n) is 3.81. The second kappa shape index (κ2) is 8.24. The predicted molar refractivity (Wildman–Crippen MR) is 99.1 cm³/mol. The smallest absolute Gasteiger partial charge is 0.132 e. The minimum absolute atomic E-state index is 0.173. The molecule has 2 N–H and O–H groups in total. The summed E-state index contributed by atoms with van der Waals surface area (Å²) in [6, 6.07) is 18.8. The maximum Gasteiger partial charge on any atom is 0.132 e. The van der Waals surface area contributed by atoms with E-state index in [0.29, 0.717) is 30.9 Å². The fraction of sp³-hybridized carbons (Fsp3) is 0.200. The highest BCUT2D eigenvalue weighted by molar-refractivity contribution is 5.48. The van der Waals surface area contributed by atoms with Gasteiger partial charge in [-0.15, -0.1) is 0 Å². The minimum atomic E-state index is -0.173. The van der Waals surface area contributed by atoms with Crippen LogP contribution < -0.4 is 10.6 Å². The quantitative estimate of drug-likeness (QED) is 0.679. The van der Waals surface area contributed by atoms with Crippen LogP contribution in [0.5, 0.6) is 0 Å². The van der Waals surface area contributed by atoms with E-state index in [4.69, 9.17) is 0 Å². The second-order valence-electron chi connectivity index (χ2n) is 5.79. The molecular weight excluding hydrogens is 315 g/mol. The van der Waals surface area contributed by atoms with E-state index in [1.807, 2.05) is 37.3 Å². The molecule has 3 aromatic rings. The van der Waals surface area contributed by atoms with Crippen LogP contribution in [0.25, 0.3) is 0 Å². The van der Waals surface area contributed by atoms with Gasteiger partial charge in [-0.2, -0.15) is 0 Å². The third kappa shape index (κ3) is 5.01. The molecule has 25 heavy (non-hydrogen) atoms. The summed E-state index contributed by atoms with van der Waals surface area (Å²) in [4.78, 5) is 8.79. The van der Waals surface area contributed by atoms with E-state index in [1.165, 1.54) is 11.6 Å². The maximum absolute atomic E-state index is 13.6. The molecule has 0 aliphatic carbocycles. The number of nitrogens with one attached hydrogen (secondary N) is 2. The Bertz CT molecular complexity index is 821. The van der Waals surface area contributed by atoms with Crippen molar-refractivity contribution < 1.29 is 4.39 Å². The van der Waals surface area contributed by atoms with Gasteiger partial charge in [-0.1, -0.05) is 48.5 Å². The van der Waals surface area contributed by atoms with Crippen LogP contribution in [-0.2, 0) is 13.0 Å². The lowest BCUT2D eigenvalue weighted by molar-refractivity contribution is 0.610. The first-order valence-corrected chi connectivity index (χ1v) is 8.31. The van der Waals surface area contributed by atoms with Crippen LogP contribution in [0.3, 0.4) is 0 Å². The van der Waals surface area contributed by atoms with Gasteiger partial charge in [0.2, 0.25) is 0 Å². The van der Waals surface area contributed by atoms with E-state index in [0.717, 1.165) is 11.6 Å². The Morgan fingerprint density at radius 3 is 2.32 bits per heavy atom. The van der Waals surface area contributed by atoms with E-state index >= 15 is 0 Å². The van der Waals surface area contributed by atoms with Gasteiger partial charge in [-0.25, -0.2) is 14.4 Å². The zero-order valence-corrected chi connectivity index (χ0v) is 14.2. The third-order valence-corrected chi connectivity index (χ3v) is 3.81. The van der Waals surface area contributed by atoms with E-state index in [1.54, 1.807) is 12.1 Å². The zero-order valence-electron chi connectivity index (χ0n) is 14.2. The van der Waals surface area contributed by atoms with Crippen molar-refractivity contribution in [2.24, 2.45) is 0 Å². The van der Waals surface area contributed by atoms with E-state index in [2.05, 4.69) is 32.7 Å². The van der Waals surface area contributed by atoms with Crippen molar-refractivity contribution in [1.29, 1.82) is 0 Å². The van der Waals surface area contributed by atoms with Crippen molar-refractivity contribution in [3.63, 3.8) is 0 Å². The molecule has 0 aliphatic rings. The first-order chi connectivity index (χ1) is 12.2. The highest BCUT2D eigenvalue weighted by Gasteiger charge is 2.04. The van der Waals surface area contributed by atoms with Gasteiger partial charge in [0.15, 0.2) is 0 Å². The standard InChI is InChI=1S/C20H21FN4/c1-15-24-19(22-12-11-17-9-5-6-10-18(17)21)13-20(25-15)23-14-16-7-3-2-4-8-16/h2-10,13H,11-12,14H2,1H3,(H2,22,23,24,25). The molecule has 0 amide bonds. The summed E-state index contributed by atoms with van der Waals surface area (Å²) in [5, 5.41) is 6.55. The van der Waals surface area contributed by atoms with Gasteiger partial charge >= 0.3 is 0 Å². The summed E-state index contributed by atoms with van der Waals surface area (Å²) in [5.41, 5.74) is 1.89. The molecule has 5 heteroatoms. The summed E-state index contributed by atoms with van der Waals surface area (Å²) >= 11 is 0. The lowest BCUT2D eigenvalue weighted by atomic mass is 10.1. The summed E-state index contributed by atoms with van der Waals surface area (Å²) in [6.07, 6.45) is 0.600. The number of rotatable bonds is 7. The maximum atomic E-state index is 13.6. The van der Waals surface area contributed by atoms with Crippen LogP contribution in [0.2, 0.25) is 0 Å². The number of anilines is 2. The van der Waals surface area contributed by atoms with E-state index in [9.17, 15) is 4.39 Å². The van der Waals surface area contributed by atoms with Crippen molar-refractivity contribution in [2.45, 2.75) is 19.9 Å². The lowest BCUT2D eigenvalue weighted by Crippen LogP contribution is -2.10. The fourth-order valence-corrected chi connectivity index (χ4v) is 2.56. The Kier molecular flexibility index (Phi) is 5.57. The largest absolute Gasteiger partial charge is 0.370 e. The van der Waals surface area contributed by atoms with Crippen molar-refractivity contribution in [1.82, 2.24) is 9.97 Å². The first kappa shape index (κ1) is 16.9. The Morgan fingerprint density at radius 2 is 1.56 bits per heavy atom. The predicted octanol–water partition coefficient (Wildman–Crippen LogP) is 4.19. The number of hydrogen-bond donors (Lipinski definition) is 2. The van der Waals surface area contributed by atoms with E-state index in [-0.39, 0.29) is 5.82 Å². The summed E-state index contributed by atoms with van der Waals surface area (Å²) in [6.45, 7) is 3.16. The topological polar surface area (TPSA) is 49.8 Å². The highest BCUT2D eigenvalue weighted by Crippen LogP contribution is 2.13. The average Bonchev–Trinajstić information content (AvgIpc) is 2.62. The van der Waals surface area contributed by atoms with Crippen molar-refractivity contribution in [3.05, 3.63) is 83.4 Å².